The molecule has 21 nitrogen and oxygen atoms in total. The maximum atomic E-state index is 14.6. The first-order chi connectivity index (χ1) is 40.8. The van der Waals surface area contributed by atoms with Gasteiger partial charge in [-0.2, -0.15) is 0 Å². The first kappa shape index (κ1) is 57.1. The van der Waals surface area contributed by atoms with Crippen molar-refractivity contribution in [3.63, 3.8) is 0 Å². The zero-order valence-corrected chi connectivity index (χ0v) is 49.2. The van der Waals surface area contributed by atoms with Crippen LogP contribution in [0.2, 0.25) is 0 Å². The Hall–Kier alpha value is -7.40. The molecule has 2 aromatic carbocycles. The predicted octanol–water partition coefficient (Wildman–Crippen LogP) is 7.08. The topological polar surface area (TPSA) is 234 Å². The van der Waals surface area contributed by atoms with E-state index in [9.17, 15) is 19.5 Å². The van der Waals surface area contributed by atoms with E-state index in [1.54, 1.807) is 28.4 Å². The molecule has 1 saturated carbocycles. The number of piperidine rings is 1. The zero-order valence-electron chi connectivity index (χ0n) is 48.4. The number of para-hydroxylation sites is 1. The average Bonchev–Trinajstić information content (AvgIpc) is 2.81. The molecular formula is C62H77N13O8S. The van der Waals surface area contributed by atoms with Crippen molar-refractivity contribution in [1.82, 2.24) is 45.3 Å². The molecule has 9 heterocycles. The summed E-state index contributed by atoms with van der Waals surface area (Å²) in [5.41, 5.74) is 14.4. The van der Waals surface area contributed by atoms with Crippen molar-refractivity contribution < 1.29 is 38.2 Å². The van der Waals surface area contributed by atoms with Gasteiger partial charge in [-0.15, -0.1) is 21.5 Å². The highest BCUT2D eigenvalue weighted by atomic mass is 32.1. The molecule has 4 aromatic heterocycles. The summed E-state index contributed by atoms with van der Waals surface area (Å²) in [4.78, 5) is 63.8. The Morgan fingerprint density at radius 2 is 1.56 bits per heavy atom. The molecule has 5 saturated heterocycles. The van der Waals surface area contributed by atoms with Crippen LogP contribution in [0.25, 0.3) is 21.7 Å². The number of benzene rings is 2. The van der Waals surface area contributed by atoms with E-state index in [0.717, 1.165) is 137 Å². The molecule has 2 amide bonds. The number of hydrogen-bond acceptors (Lipinski definition) is 20. The molecule has 12 rings (SSSR count). The van der Waals surface area contributed by atoms with E-state index >= 15 is 0 Å². The number of amides is 2. The third-order valence-corrected chi connectivity index (χ3v) is 19.1. The summed E-state index contributed by atoms with van der Waals surface area (Å²) in [6.07, 6.45) is 7.91. The van der Waals surface area contributed by atoms with Crippen LogP contribution in [0.4, 0.5) is 23.0 Å². The number of anilines is 4. The molecule has 1 aliphatic carbocycles. The summed E-state index contributed by atoms with van der Waals surface area (Å²) >= 11 is 1.59. The molecule has 84 heavy (non-hydrogen) atoms. The van der Waals surface area contributed by atoms with Gasteiger partial charge in [0.1, 0.15) is 29.9 Å². The Kier molecular flexibility index (Phi) is 17.0. The largest absolute Gasteiger partial charge is 0.507 e. The van der Waals surface area contributed by atoms with Gasteiger partial charge in [-0.05, 0) is 80.8 Å². The highest BCUT2D eigenvalue weighted by Gasteiger charge is 2.46. The van der Waals surface area contributed by atoms with Gasteiger partial charge in [0.15, 0.2) is 17.4 Å². The van der Waals surface area contributed by atoms with Crippen molar-refractivity contribution >= 4 is 52.6 Å². The quantitative estimate of drug-likeness (QED) is 0.0648. The number of aromatic hydroxyl groups is 1. The van der Waals surface area contributed by atoms with Crippen LogP contribution in [0.3, 0.4) is 0 Å². The molecule has 6 atom stereocenters. The second-order valence-corrected chi connectivity index (χ2v) is 24.8. The van der Waals surface area contributed by atoms with Gasteiger partial charge in [-0.1, -0.05) is 55.4 Å². The molecule has 4 N–H and O–H groups in total. The Labute approximate surface area is 494 Å². The lowest BCUT2D eigenvalue weighted by Gasteiger charge is -2.43. The van der Waals surface area contributed by atoms with Crippen LogP contribution in [-0.2, 0) is 23.9 Å². The normalized spacial score (nSPS) is 23.8. The number of nitrogen functional groups attached to an aromatic ring is 1. The van der Waals surface area contributed by atoms with E-state index in [-0.39, 0.29) is 60.8 Å². The maximum absolute atomic E-state index is 14.6. The van der Waals surface area contributed by atoms with Gasteiger partial charge < -0.3 is 59.4 Å². The molecule has 6 fully saturated rings. The highest BCUT2D eigenvalue weighted by Crippen LogP contribution is 2.41. The number of phenolic OH excluding ortho intramolecular Hbond substituents is 1. The minimum atomic E-state index is -0.831. The van der Waals surface area contributed by atoms with Gasteiger partial charge in [-0.25, -0.2) is 9.97 Å². The van der Waals surface area contributed by atoms with Crippen molar-refractivity contribution in [3.8, 4) is 33.3 Å². The third kappa shape index (κ3) is 12.4. The number of carbonyl (C=O) groups excluding carboxylic acids is 3. The standard InChI is InChI=1S/C62H77N13O8S/c1-38(2)58(62(79)74-35-49(80-37-76)30-53(74)61(78)66-39(3)41-9-11-42(12-10-41)59-40(4)65-36-84-59)55-32-56(69-83-55)72-25-23-71(24-26-72)22-21-70-19-16-46(17-20-70)81-47-28-48(29-47)82-57-27-43(15-18-64-57)75-44-13-14-45(75)34-73(33-44)52-31-51(67-68-60(52)63)50-7-5-6-8-54(50)77/h5-12,15,18,27,31-32,36-39,44-49,53,58,77H,13-14,16-17,19-26,28-30,33-35H2,1-4H3,(H2,63,68)(H,66,78)/t39-,44?,45?,47?,48?,49+,53+,58+/m0/s1. The lowest BCUT2D eigenvalue weighted by Crippen LogP contribution is -2.54. The number of thiazole rings is 1. The first-order valence-corrected chi connectivity index (χ1v) is 30.8. The first-order valence-electron chi connectivity index (χ1n) is 29.9. The van der Waals surface area contributed by atoms with E-state index in [4.69, 9.17) is 24.5 Å². The van der Waals surface area contributed by atoms with E-state index in [1.165, 1.54) is 0 Å². The van der Waals surface area contributed by atoms with Crippen LogP contribution in [0.5, 0.6) is 11.6 Å². The average molecular weight is 1160 g/mol. The van der Waals surface area contributed by atoms with Crippen molar-refractivity contribution in [3.05, 3.63) is 102 Å². The van der Waals surface area contributed by atoms with E-state index in [2.05, 4.69) is 67.3 Å². The van der Waals surface area contributed by atoms with Crippen molar-refractivity contribution in [1.29, 1.82) is 0 Å². The van der Waals surface area contributed by atoms with Crippen LogP contribution in [0, 0.1) is 12.8 Å². The second-order valence-electron chi connectivity index (χ2n) is 23.9. The summed E-state index contributed by atoms with van der Waals surface area (Å²) in [6, 6.07) is 22.7. The number of likely N-dealkylation sites (tertiary alicyclic amines) is 2. The van der Waals surface area contributed by atoms with Crippen LogP contribution in [-0.4, -0.2) is 178 Å². The van der Waals surface area contributed by atoms with Crippen LogP contribution >= 0.6 is 11.3 Å². The van der Waals surface area contributed by atoms with Crippen molar-refractivity contribution in [2.24, 2.45) is 5.92 Å². The number of nitrogens with two attached hydrogens (primary N) is 1. The van der Waals surface area contributed by atoms with Crippen LogP contribution in [0.15, 0.2) is 89.0 Å². The summed E-state index contributed by atoms with van der Waals surface area (Å²) in [7, 11) is 0. The second kappa shape index (κ2) is 25.0. The van der Waals surface area contributed by atoms with E-state index in [0.29, 0.717) is 53.1 Å². The number of phenols is 1. The lowest BCUT2D eigenvalue weighted by atomic mass is 9.91. The number of piperazine rings is 2. The number of aromatic nitrogens is 5. The zero-order chi connectivity index (χ0) is 58.0. The smallest absolute Gasteiger partial charge is 0.293 e. The lowest BCUT2D eigenvalue weighted by molar-refractivity contribution is -0.141. The van der Waals surface area contributed by atoms with E-state index in [1.807, 2.05) is 87.9 Å². The molecule has 6 aliphatic rings. The van der Waals surface area contributed by atoms with Crippen molar-refractivity contribution in [2.75, 3.05) is 92.4 Å². The van der Waals surface area contributed by atoms with Gasteiger partial charge >= 0.3 is 0 Å². The molecule has 0 spiro atoms. The molecule has 2 unspecified atom stereocenters. The fourth-order valence-electron chi connectivity index (χ4n) is 13.4. The molecule has 0 radical (unpaired) electrons. The fourth-order valence-corrected chi connectivity index (χ4v) is 14.2. The number of pyridine rings is 1. The number of hydrogen-bond donors (Lipinski definition) is 3. The third-order valence-electron chi connectivity index (χ3n) is 18.1. The molecular weight excluding hydrogens is 1090 g/mol. The highest BCUT2D eigenvalue weighted by molar-refractivity contribution is 7.13. The predicted molar refractivity (Wildman–Crippen MR) is 320 cm³/mol. The molecule has 2 bridgehead atoms. The molecule has 6 aromatic rings. The Balaban J connectivity index is 0.560. The fraction of sp³-hybridized carbons (Fsp3) is 0.516. The van der Waals surface area contributed by atoms with Gasteiger partial charge in [0.25, 0.3) is 6.47 Å². The number of rotatable bonds is 20. The molecule has 444 valence electrons. The number of ether oxygens (including phenoxy) is 3. The number of nitrogens with one attached hydrogen (secondary N) is 1. The minimum Gasteiger partial charge on any atom is -0.507 e. The van der Waals surface area contributed by atoms with Gasteiger partial charge in [-0.3, -0.25) is 19.3 Å². The summed E-state index contributed by atoms with van der Waals surface area (Å²) in [5.74, 6) is 0.945. The van der Waals surface area contributed by atoms with Gasteiger partial charge in [0.2, 0.25) is 17.7 Å². The van der Waals surface area contributed by atoms with Gasteiger partial charge in [0, 0.05) is 126 Å². The summed E-state index contributed by atoms with van der Waals surface area (Å²) in [5, 5.41) is 26.6. The number of fused-ring (bicyclic) bond motifs is 2. The summed E-state index contributed by atoms with van der Waals surface area (Å²) in [6.45, 7) is 17.3. The van der Waals surface area contributed by atoms with Gasteiger partial charge in [0.05, 0.1) is 52.3 Å². The summed E-state index contributed by atoms with van der Waals surface area (Å²) < 4.78 is 24.4. The monoisotopic (exact) mass is 1160 g/mol. The Bertz CT molecular complexity index is 3240. The Morgan fingerprint density at radius 3 is 2.26 bits per heavy atom. The minimum absolute atomic E-state index is 0.0825. The van der Waals surface area contributed by atoms with Crippen molar-refractivity contribution in [2.45, 2.75) is 127 Å². The number of nitrogens with zero attached hydrogens (tertiary/aromatic N) is 11. The SMILES string of the molecule is Cc1ncsc1-c1ccc([C@H](C)NC(=O)[C@H]2C[C@@H](OC=O)CN2C(=O)[C@@H](c2cc(N3CCN(CCN4CCC(OC5CC(Oc6cc(N7C8CCC7CN(c7cc(-c9ccccc9O)nnc7N)C8)ccn6)C5)CC4)CC3)no2)C(C)C)cc1. The molecule has 5 aliphatic heterocycles. The number of carbonyl (C=O) groups is 3. The number of aryl methyl sites for hydroxylation is 1. The van der Waals surface area contributed by atoms with Crippen LogP contribution < -0.4 is 30.5 Å². The molecule has 22 heteroatoms. The Morgan fingerprint density at radius 1 is 0.821 bits per heavy atom. The maximum Gasteiger partial charge on any atom is 0.293 e. The van der Waals surface area contributed by atoms with Crippen LogP contribution in [0.1, 0.15) is 94.7 Å². The van der Waals surface area contributed by atoms with E-state index < -0.39 is 18.1 Å².